The van der Waals surface area contributed by atoms with Crippen molar-refractivity contribution in [1.82, 2.24) is 0 Å². The molecule has 2 aliphatic rings. The molecule has 198 valence electrons. The first kappa shape index (κ1) is 29.7. The molecule has 0 radical (unpaired) electrons. The van der Waals surface area contributed by atoms with Crippen LogP contribution >= 0.6 is 0 Å². The Kier molecular flexibility index (Phi) is 11.5. The van der Waals surface area contributed by atoms with Crippen LogP contribution in [-0.2, 0) is 0 Å². The van der Waals surface area contributed by atoms with Crippen LogP contribution in [0.4, 0.5) is 0 Å². The summed E-state index contributed by atoms with van der Waals surface area (Å²) >= 11 is 0. The molecular formula is C34H62. The third-order valence-electron chi connectivity index (χ3n) is 11.4. The number of allylic oxidation sites excluding steroid dienone is 3. The summed E-state index contributed by atoms with van der Waals surface area (Å²) in [6.07, 6.45) is 15.8. The first-order valence-electron chi connectivity index (χ1n) is 15.4. The van der Waals surface area contributed by atoms with Crippen LogP contribution in [0, 0.1) is 58.7 Å². The molecule has 9 unspecified atom stereocenters. The molecule has 0 aromatic heterocycles. The molecule has 0 aromatic carbocycles. The smallest absolute Gasteiger partial charge is 0.0240 e. The van der Waals surface area contributed by atoms with Crippen LogP contribution in [0.2, 0.25) is 0 Å². The average Bonchev–Trinajstić information content (AvgIpc) is 3.75. The van der Waals surface area contributed by atoms with E-state index < -0.39 is 0 Å². The Hall–Kier alpha value is -0.520. The Balaban J connectivity index is 1.91. The van der Waals surface area contributed by atoms with Crippen LogP contribution < -0.4 is 0 Å². The first-order chi connectivity index (χ1) is 16.0. The zero-order valence-corrected chi connectivity index (χ0v) is 25.1. The van der Waals surface area contributed by atoms with Gasteiger partial charge in [-0.25, -0.2) is 0 Å². The number of rotatable bonds is 17. The Labute approximate surface area is 215 Å². The monoisotopic (exact) mass is 470 g/mol. The predicted octanol–water partition coefficient (Wildman–Crippen LogP) is 11.1. The normalized spacial score (nSPS) is 27.9. The minimum absolute atomic E-state index is 0.630. The van der Waals surface area contributed by atoms with Gasteiger partial charge >= 0.3 is 0 Å². The minimum Gasteiger partial charge on any atom is -0.0956 e. The lowest BCUT2D eigenvalue weighted by atomic mass is 9.67. The highest BCUT2D eigenvalue weighted by Gasteiger charge is 2.58. The molecule has 0 saturated heterocycles. The molecular weight excluding hydrogens is 408 g/mol. The van der Waals surface area contributed by atoms with E-state index in [0.717, 1.165) is 59.7 Å². The van der Waals surface area contributed by atoms with E-state index in [1.54, 1.807) is 5.57 Å². The average molecular weight is 471 g/mol. The minimum atomic E-state index is 0.630. The molecule has 0 N–H and O–H groups in total. The van der Waals surface area contributed by atoms with Gasteiger partial charge in [0.05, 0.1) is 0 Å². The van der Waals surface area contributed by atoms with Gasteiger partial charge in [-0.1, -0.05) is 107 Å². The molecule has 2 rings (SSSR count). The van der Waals surface area contributed by atoms with Crippen molar-refractivity contribution in [2.45, 2.75) is 133 Å². The van der Waals surface area contributed by atoms with Gasteiger partial charge in [0, 0.05) is 0 Å². The van der Waals surface area contributed by atoms with Gasteiger partial charge in [0.25, 0.3) is 0 Å². The van der Waals surface area contributed by atoms with Gasteiger partial charge in [-0.05, 0) is 109 Å². The third kappa shape index (κ3) is 7.26. The standard InChI is InChI=1S/C34H62/c1-12-15-16-17-31(14-3)26(7)21-32-22-33(32)30(11)34(18-19-34)29(10)28(9)25(6)20-24(5)27(8)23(4)13-2/h17,23-25,27-30,32-33H,7,12-16,18-22H2,1-6,8-11H3. The van der Waals surface area contributed by atoms with Crippen molar-refractivity contribution in [3.8, 4) is 0 Å². The third-order valence-corrected chi connectivity index (χ3v) is 11.4. The largest absolute Gasteiger partial charge is 0.0956 e. The zero-order chi connectivity index (χ0) is 25.6. The highest BCUT2D eigenvalue weighted by molar-refractivity contribution is 5.29. The van der Waals surface area contributed by atoms with Crippen LogP contribution in [0.5, 0.6) is 0 Å². The topological polar surface area (TPSA) is 0 Å². The second-order valence-corrected chi connectivity index (χ2v) is 13.3. The van der Waals surface area contributed by atoms with Gasteiger partial charge in [-0.3, -0.25) is 0 Å². The van der Waals surface area contributed by atoms with E-state index in [2.05, 4.69) is 81.9 Å². The number of unbranched alkanes of at least 4 members (excludes halogenated alkanes) is 2. The molecule has 0 spiro atoms. The molecule has 0 amide bonds. The van der Waals surface area contributed by atoms with E-state index in [4.69, 9.17) is 0 Å². The Morgan fingerprint density at radius 3 is 2.06 bits per heavy atom. The molecule has 34 heavy (non-hydrogen) atoms. The maximum Gasteiger partial charge on any atom is -0.0240 e. The Morgan fingerprint density at radius 1 is 0.912 bits per heavy atom. The first-order valence-corrected chi connectivity index (χ1v) is 15.4. The summed E-state index contributed by atoms with van der Waals surface area (Å²) in [7, 11) is 0. The van der Waals surface area contributed by atoms with Gasteiger partial charge < -0.3 is 0 Å². The molecule has 0 bridgehead atoms. The summed E-state index contributed by atoms with van der Waals surface area (Å²) in [6, 6.07) is 0. The zero-order valence-electron chi connectivity index (χ0n) is 25.1. The Bertz CT molecular complexity index is 649. The van der Waals surface area contributed by atoms with Crippen molar-refractivity contribution in [3.05, 3.63) is 23.8 Å². The van der Waals surface area contributed by atoms with Gasteiger partial charge in [-0.15, -0.1) is 0 Å². The molecule has 0 nitrogen and oxygen atoms in total. The van der Waals surface area contributed by atoms with Crippen LogP contribution in [0.1, 0.15) is 133 Å². The molecule has 2 aliphatic carbocycles. The van der Waals surface area contributed by atoms with E-state index in [0.29, 0.717) is 5.41 Å². The SMILES string of the molecule is C=C(CC1CC1C(C)C1(C(C)C(C)C(C)CC(C)C(C)C(C)CC)CC1)C(=CCCCC)CC. The molecule has 0 aliphatic heterocycles. The summed E-state index contributed by atoms with van der Waals surface area (Å²) < 4.78 is 0. The van der Waals surface area contributed by atoms with Crippen molar-refractivity contribution in [3.63, 3.8) is 0 Å². The highest BCUT2D eigenvalue weighted by atomic mass is 14.6. The molecule has 9 atom stereocenters. The van der Waals surface area contributed by atoms with E-state index in [-0.39, 0.29) is 0 Å². The maximum absolute atomic E-state index is 4.53. The second kappa shape index (κ2) is 13.1. The van der Waals surface area contributed by atoms with E-state index in [1.165, 1.54) is 63.4 Å². The van der Waals surface area contributed by atoms with Crippen molar-refractivity contribution in [2.24, 2.45) is 58.7 Å². The van der Waals surface area contributed by atoms with Crippen LogP contribution in [0.25, 0.3) is 0 Å². The fourth-order valence-corrected chi connectivity index (χ4v) is 7.45. The Morgan fingerprint density at radius 2 is 1.53 bits per heavy atom. The highest BCUT2D eigenvalue weighted by Crippen LogP contribution is 2.67. The van der Waals surface area contributed by atoms with E-state index >= 15 is 0 Å². The van der Waals surface area contributed by atoms with Crippen LogP contribution in [0.3, 0.4) is 0 Å². The van der Waals surface area contributed by atoms with Crippen LogP contribution in [-0.4, -0.2) is 0 Å². The van der Waals surface area contributed by atoms with Crippen molar-refractivity contribution >= 4 is 0 Å². The molecule has 2 fully saturated rings. The maximum atomic E-state index is 4.53. The van der Waals surface area contributed by atoms with E-state index in [1.807, 2.05) is 0 Å². The summed E-state index contributed by atoms with van der Waals surface area (Å²) in [4.78, 5) is 0. The summed E-state index contributed by atoms with van der Waals surface area (Å²) in [5.74, 6) is 7.78. The predicted molar refractivity (Wildman–Crippen MR) is 154 cm³/mol. The molecule has 0 aromatic rings. The molecule has 0 heteroatoms. The number of hydrogen-bond donors (Lipinski definition) is 0. The second-order valence-electron chi connectivity index (χ2n) is 13.3. The summed E-state index contributed by atoms with van der Waals surface area (Å²) in [5.41, 5.74) is 3.62. The number of hydrogen-bond acceptors (Lipinski definition) is 0. The van der Waals surface area contributed by atoms with Crippen LogP contribution in [0.15, 0.2) is 23.8 Å². The van der Waals surface area contributed by atoms with Gasteiger partial charge in [-0.2, -0.15) is 0 Å². The van der Waals surface area contributed by atoms with Gasteiger partial charge in [0.2, 0.25) is 0 Å². The van der Waals surface area contributed by atoms with E-state index in [9.17, 15) is 0 Å². The quantitative estimate of drug-likeness (QED) is 0.146. The summed E-state index contributed by atoms with van der Waals surface area (Å²) in [5, 5.41) is 0. The van der Waals surface area contributed by atoms with Gasteiger partial charge in [0.15, 0.2) is 0 Å². The molecule has 2 saturated carbocycles. The lowest BCUT2D eigenvalue weighted by Gasteiger charge is -2.38. The lowest BCUT2D eigenvalue weighted by molar-refractivity contribution is 0.102. The molecule has 0 heterocycles. The van der Waals surface area contributed by atoms with Gasteiger partial charge in [0.1, 0.15) is 0 Å². The summed E-state index contributed by atoms with van der Waals surface area (Å²) in [6.45, 7) is 29.3. The van der Waals surface area contributed by atoms with Crippen molar-refractivity contribution in [1.29, 1.82) is 0 Å². The van der Waals surface area contributed by atoms with Crippen molar-refractivity contribution in [2.75, 3.05) is 0 Å². The van der Waals surface area contributed by atoms with Crippen molar-refractivity contribution < 1.29 is 0 Å². The lowest BCUT2D eigenvalue weighted by Crippen LogP contribution is -2.32. The fraction of sp³-hybridized carbons (Fsp3) is 0.882. The fourth-order valence-electron chi connectivity index (χ4n) is 7.45.